The van der Waals surface area contributed by atoms with Crippen LogP contribution in [0.25, 0.3) is 0 Å². The van der Waals surface area contributed by atoms with Crippen molar-refractivity contribution in [3.05, 3.63) is 16.6 Å². The van der Waals surface area contributed by atoms with Gasteiger partial charge in [-0.3, -0.25) is 0 Å². The normalized spacial score (nSPS) is 15.2. The Morgan fingerprint density at radius 2 is 2.05 bits per heavy atom. The second kappa shape index (κ2) is 7.84. The van der Waals surface area contributed by atoms with Crippen LogP contribution in [0.5, 0.6) is 0 Å². The molecule has 0 bridgehead atoms. The second-order valence-corrected chi connectivity index (χ2v) is 5.58. The smallest absolute Gasteiger partial charge is 0.326 e. The molecule has 0 aliphatic rings. The third kappa shape index (κ3) is 4.48. The Morgan fingerprint density at radius 3 is 2.50 bits per heavy atom. The number of carboxylic acid groups (broad SMARTS) is 1. The van der Waals surface area contributed by atoms with Crippen LogP contribution in [-0.2, 0) is 4.79 Å². The number of nitrogens with one attached hydrogen (secondary N) is 2. The van der Waals surface area contributed by atoms with Crippen LogP contribution >= 0.6 is 11.3 Å². The maximum absolute atomic E-state index is 11.9. The highest BCUT2D eigenvalue weighted by molar-refractivity contribution is 7.09. The molecule has 3 unspecified atom stereocenters. The minimum Gasteiger partial charge on any atom is -0.480 e. The Hall–Kier alpha value is -1.63. The van der Waals surface area contributed by atoms with Gasteiger partial charge in [-0.1, -0.05) is 27.2 Å². The van der Waals surface area contributed by atoms with E-state index in [9.17, 15) is 9.59 Å². The van der Waals surface area contributed by atoms with Crippen LogP contribution in [0, 0.1) is 5.92 Å². The highest BCUT2D eigenvalue weighted by Crippen LogP contribution is 2.18. The van der Waals surface area contributed by atoms with E-state index in [1.54, 1.807) is 13.1 Å². The number of urea groups is 1. The molecule has 0 saturated heterocycles. The minimum atomic E-state index is -1.02. The lowest BCUT2D eigenvalue weighted by Crippen LogP contribution is -2.49. The number of aromatic nitrogens is 1. The Morgan fingerprint density at radius 1 is 1.35 bits per heavy atom. The van der Waals surface area contributed by atoms with Crippen molar-refractivity contribution < 1.29 is 14.7 Å². The van der Waals surface area contributed by atoms with Crippen molar-refractivity contribution in [2.45, 2.75) is 45.7 Å². The molecule has 1 aromatic rings. The number of amides is 2. The molecule has 6 nitrogen and oxygen atoms in total. The van der Waals surface area contributed by atoms with E-state index in [4.69, 9.17) is 5.11 Å². The fraction of sp³-hybridized carbons (Fsp3) is 0.615. The number of carbonyl (C=O) groups is 2. The topological polar surface area (TPSA) is 91.3 Å². The van der Waals surface area contributed by atoms with E-state index in [-0.39, 0.29) is 12.0 Å². The number of thiazole rings is 1. The molecule has 20 heavy (non-hydrogen) atoms. The zero-order chi connectivity index (χ0) is 15.1. The fourth-order valence-corrected chi connectivity index (χ4v) is 2.54. The Balaban J connectivity index is 2.63. The number of hydrogen-bond donors (Lipinski definition) is 3. The van der Waals surface area contributed by atoms with E-state index in [1.807, 2.05) is 19.2 Å². The first-order chi connectivity index (χ1) is 9.49. The van der Waals surface area contributed by atoms with E-state index in [2.05, 4.69) is 15.6 Å². The van der Waals surface area contributed by atoms with Gasteiger partial charge >= 0.3 is 12.0 Å². The van der Waals surface area contributed by atoms with Crippen molar-refractivity contribution in [1.29, 1.82) is 0 Å². The zero-order valence-corrected chi connectivity index (χ0v) is 12.7. The Labute approximate surface area is 122 Å². The van der Waals surface area contributed by atoms with Crippen molar-refractivity contribution in [1.82, 2.24) is 15.6 Å². The first-order valence-electron chi connectivity index (χ1n) is 6.68. The summed E-state index contributed by atoms with van der Waals surface area (Å²) in [5.74, 6) is -1.14. The van der Waals surface area contributed by atoms with Gasteiger partial charge in [-0.2, -0.15) is 0 Å². The van der Waals surface area contributed by atoms with E-state index in [0.29, 0.717) is 12.8 Å². The van der Waals surface area contributed by atoms with Crippen LogP contribution < -0.4 is 10.6 Å². The molecular formula is C13H21N3O3S. The quantitative estimate of drug-likeness (QED) is 0.721. The molecule has 7 heteroatoms. The van der Waals surface area contributed by atoms with Crippen molar-refractivity contribution in [2.24, 2.45) is 5.92 Å². The first-order valence-corrected chi connectivity index (χ1v) is 7.56. The Kier molecular flexibility index (Phi) is 6.44. The summed E-state index contributed by atoms with van der Waals surface area (Å²) < 4.78 is 0. The number of rotatable bonds is 7. The van der Waals surface area contributed by atoms with Crippen LogP contribution in [-0.4, -0.2) is 28.1 Å². The molecule has 0 saturated carbocycles. The minimum absolute atomic E-state index is 0.127. The van der Waals surface area contributed by atoms with Gasteiger partial charge in [0.1, 0.15) is 11.0 Å². The zero-order valence-electron chi connectivity index (χ0n) is 11.9. The molecule has 112 valence electrons. The molecule has 1 heterocycles. The largest absolute Gasteiger partial charge is 0.480 e. The monoisotopic (exact) mass is 299 g/mol. The Bertz CT molecular complexity index is 436. The van der Waals surface area contributed by atoms with Gasteiger partial charge in [-0.25, -0.2) is 14.6 Å². The van der Waals surface area contributed by atoms with E-state index in [0.717, 1.165) is 5.01 Å². The van der Waals surface area contributed by atoms with E-state index in [1.165, 1.54) is 11.3 Å². The average Bonchev–Trinajstić information content (AvgIpc) is 2.94. The summed E-state index contributed by atoms with van der Waals surface area (Å²) in [6, 6.07) is -1.55. The molecule has 2 amide bonds. The molecule has 0 aromatic carbocycles. The van der Waals surface area contributed by atoms with Crippen LogP contribution in [0.2, 0.25) is 0 Å². The molecule has 3 atom stereocenters. The van der Waals surface area contributed by atoms with Gasteiger partial charge in [0.25, 0.3) is 0 Å². The van der Waals surface area contributed by atoms with Crippen LogP contribution in [0.3, 0.4) is 0 Å². The summed E-state index contributed by atoms with van der Waals surface area (Å²) in [4.78, 5) is 27.3. The highest BCUT2D eigenvalue weighted by atomic mass is 32.1. The number of carbonyl (C=O) groups excluding carboxylic acids is 1. The number of hydrogen-bond acceptors (Lipinski definition) is 4. The van der Waals surface area contributed by atoms with Crippen molar-refractivity contribution >= 4 is 23.3 Å². The third-order valence-corrected chi connectivity index (χ3v) is 4.12. The molecular weight excluding hydrogens is 278 g/mol. The van der Waals surface area contributed by atoms with Gasteiger partial charge in [0.2, 0.25) is 0 Å². The van der Waals surface area contributed by atoms with Crippen molar-refractivity contribution in [2.75, 3.05) is 0 Å². The molecule has 0 aliphatic carbocycles. The second-order valence-electron chi connectivity index (χ2n) is 4.65. The summed E-state index contributed by atoms with van der Waals surface area (Å²) in [5, 5.41) is 17.1. The molecule has 1 aromatic heterocycles. The van der Waals surface area contributed by atoms with Gasteiger partial charge in [-0.15, -0.1) is 11.3 Å². The van der Waals surface area contributed by atoms with Crippen LogP contribution in [0.1, 0.15) is 44.7 Å². The predicted molar refractivity (Wildman–Crippen MR) is 77.7 cm³/mol. The standard InChI is InChI=1S/C13H21N3O3S/c1-4-8(3)10(12(17)18)16-13(19)15-9(5-2)11-14-6-7-20-11/h6-10H,4-5H2,1-3H3,(H,17,18)(H2,15,16,19). The molecule has 0 aliphatic heterocycles. The average molecular weight is 299 g/mol. The molecule has 0 spiro atoms. The lowest BCUT2D eigenvalue weighted by molar-refractivity contribution is -0.140. The van der Waals surface area contributed by atoms with Gasteiger partial charge in [0, 0.05) is 11.6 Å². The lowest BCUT2D eigenvalue weighted by atomic mass is 9.99. The maximum atomic E-state index is 11.9. The molecule has 3 N–H and O–H groups in total. The maximum Gasteiger partial charge on any atom is 0.326 e. The summed E-state index contributed by atoms with van der Waals surface area (Å²) in [6.45, 7) is 5.64. The summed E-state index contributed by atoms with van der Waals surface area (Å²) in [6.07, 6.45) is 3.06. The molecule has 0 fully saturated rings. The molecule has 1 rings (SSSR count). The van der Waals surface area contributed by atoms with Crippen LogP contribution in [0.15, 0.2) is 11.6 Å². The van der Waals surface area contributed by atoms with E-state index < -0.39 is 18.0 Å². The predicted octanol–water partition coefficient (Wildman–Crippen LogP) is 2.39. The summed E-state index contributed by atoms with van der Waals surface area (Å²) in [5.41, 5.74) is 0. The van der Waals surface area contributed by atoms with Gasteiger partial charge in [0.15, 0.2) is 0 Å². The third-order valence-electron chi connectivity index (χ3n) is 3.23. The van der Waals surface area contributed by atoms with Gasteiger partial charge in [0.05, 0.1) is 6.04 Å². The fourth-order valence-electron chi connectivity index (χ4n) is 1.77. The van der Waals surface area contributed by atoms with Gasteiger partial charge in [-0.05, 0) is 12.3 Å². The van der Waals surface area contributed by atoms with Crippen molar-refractivity contribution in [3.8, 4) is 0 Å². The van der Waals surface area contributed by atoms with Crippen LogP contribution in [0.4, 0.5) is 4.79 Å². The summed E-state index contributed by atoms with van der Waals surface area (Å²) >= 11 is 1.46. The number of aliphatic carboxylic acids is 1. The van der Waals surface area contributed by atoms with Gasteiger partial charge < -0.3 is 15.7 Å². The lowest BCUT2D eigenvalue weighted by Gasteiger charge is -2.22. The highest BCUT2D eigenvalue weighted by Gasteiger charge is 2.26. The first kappa shape index (κ1) is 16.4. The number of carboxylic acids is 1. The van der Waals surface area contributed by atoms with Crippen molar-refractivity contribution in [3.63, 3.8) is 0 Å². The van der Waals surface area contributed by atoms with E-state index >= 15 is 0 Å². The number of nitrogens with zero attached hydrogens (tertiary/aromatic N) is 1. The summed E-state index contributed by atoms with van der Waals surface area (Å²) in [7, 11) is 0. The SMILES string of the molecule is CCC(NC(=O)NC(C(=O)O)C(C)CC)c1nccs1. The molecule has 0 radical (unpaired) electrons.